The van der Waals surface area contributed by atoms with Crippen molar-refractivity contribution >= 4 is 5.91 Å². The van der Waals surface area contributed by atoms with Crippen LogP contribution in [0.5, 0.6) is 0 Å². The molecule has 0 saturated carbocycles. The summed E-state index contributed by atoms with van der Waals surface area (Å²) in [6, 6.07) is 0. The predicted octanol–water partition coefficient (Wildman–Crippen LogP) is 2.30. The third-order valence-electron chi connectivity index (χ3n) is 3.36. The zero-order valence-corrected chi connectivity index (χ0v) is 11.1. The number of aromatic nitrogens is 2. The Morgan fingerprint density at radius 1 is 1.35 bits per heavy atom. The van der Waals surface area contributed by atoms with Crippen LogP contribution >= 0.6 is 0 Å². The van der Waals surface area contributed by atoms with Gasteiger partial charge in [-0.05, 0) is 23.8 Å². The molecule has 1 heterocycles. The van der Waals surface area contributed by atoms with Gasteiger partial charge >= 0.3 is 0 Å². The summed E-state index contributed by atoms with van der Waals surface area (Å²) in [5.41, 5.74) is 1.21. The minimum atomic E-state index is -0.245. The molecule has 1 aromatic rings. The van der Waals surface area contributed by atoms with Gasteiger partial charge in [0.2, 0.25) is 5.82 Å². The summed E-state index contributed by atoms with van der Waals surface area (Å²) in [7, 11) is 1.58. The van der Waals surface area contributed by atoms with Crippen LogP contribution in [0.1, 0.15) is 56.2 Å². The van der Waals surface area contributed by atoms with Gasteiger partial charge in [-0.3, -0.25) is 4.79 Å². The van der Waals surface area contributed by atoms with E-state index in [-0.39, 0.29) is 17.1 Å². The largest absolute Gasteiger partial charge is 0.352 e. The Bertz CT molecular complexity index is 375. The van der Waals surface area contributed by atoms with Gasteiger partial charge in [0.05, 0.1) is 0 Å². The molecule has 1 N–H and O–H groups in total. The quantitative estimate of drug-likeness (QED) is 0.852. The molecule has 0 saturated heterocycles. The molecule has 0 aliphatic carbocycles. The van der Waals surface area contributed by atoms with Gasteiger partial charge in [0, 0.05) is 19.4 Å². The second-order valence-corrected chi connectivity index (χ2v) is 4.54. The van der Waals surface area contributed by atoms with Gasteiger partial charge in [-0.25, -0.2) is 9.97 Å². The Hall–Kier alpha value is -1.45. The first-order valence-corrected chi connectivity index (χ1v) is 6.12. The minimum Gasteiger partial charge on any atom is -0.352 e. The molecule has 1 atom stereocenters. The fourth-order valence-electron chi connectivity index (χ4n) is 1.95. The summed E-state index contributed by atoms with van der Waals surface area (Å²) in [5.74, 6) is -0.0172. The third kappa shape index (κ3) is 3.02. The van der Waals surface area contributed by atoms with Crippen LogP contribution in [0.4, 0.5) is 0 Å². The molecule has 1 amide bonds. The normalized spacial score (nSPS) is 14.1. The van der Waals surface area contributed by atoms with Crippen molar-refractivity contribution in [2.45, 2.75) is 45.4 Å². The van der Waals surface area contributed by atoms with E-state index in [1.165, 1.54) is 0 Å². The standard InChI is InChI=1S/C13H21N3O/c1-5-7-13(3,6-2)10-8-15-11(16-9-10)12(17)14-4/h8-9H,5-7H2,1-4H3,(H,14,17). The summed E-state index contributed by atoms with van der Waals surface area (Å²) in [6.07, 6.45) is 6.82. The van der Waals surface area contributed by atoms with Crippen molar-refractivity contribution in [1.82, 2.24) is 15.3 Å². The Kier molecular flexibility index (Phi) is 4.61. The number of hydrogen-bond acceptors (Lipinski definition) is 3. The zero-order valence-electron chi connectivity index (χ0n) is 11.1. The first-order chi connectivity index (χ1) is 8.07. The van der Waals surface area contributed by atoms with Crippen LogP contribution in [0.15, 0.2) is 12.4 Å². The highest BCUT2D eigenvalue weighted by molar-refractivity contribution is 5.89. The molecule has 0 radical (unpaired) electrons. The monoisotopic (exact) mass is 235 g/mol. The van der Waals surface area contributed by atoms with Crippen molar-refractivity contribution in [3.05, 3.63) is 23.8 Å². The fourth-order valence-corrected chi connectivity index (χ4v) is 1.95. The lowest BCUT2D eigenvalue weighted by molar-refractivity contribution is 0.0952. The Labute approximate surface area is 103 Å². The van der Waals surface area contributed by atoms with Crippen molar-refractivity contribution in [1.29, 1.82) is 0 Å². The Balaban J connectivity index is 2.96. The molecule has 0 aliphatic rings. The van der Waals surface area contributed by atoms with Gasteiger partial charge in [-0.1, -0.05) is 27.2 Å². The molecule has 1 rings (SSSR count). The molecule has 1 unspecified atom stereocenters. The van der Waals surface area contributed by atoms with Crippen molar-refractivity contribution in [3.8, 4) is 0 Å². The van der Waals surface area contributed by atoms with Gasteiger partial charge in [0.1, 0.15) is 0 Å². The number of hydrogen-bond donors (Lipinski definition) is 1. The molecule has 4 nitrogen and oxygen atoms in total. The fraction of sp³-hybridized carbons (Fsp3) is 0.615. The molecule has 4 heteroatoms. The maximum atomic E-state index is 11.3. The topological polar surface area (TPSA) is 54.9 Å². The van der Waals surface area contributed by atoms with E-state index in [9.17, 15) is 4.79 Å². The molecule has 17 heavy (non-hydrogen) atoms. The van der Waals surface area contributed by atoms with Crippen molar-refractivity contribution < 1.29 is 4.79 Å². The molecule has 0 fully saturated rings. The van der Waals surface area contributed by atoms with Crippen LogP contribution in [0.25, 0.3) is 0 Å². The maximum Gasteiger partial charge on any atom is 0.288 e. The summed E-state index contributed by atoms with van der Waals surface area (Å²) in [4.78, 5) is 19.6. The lowest BCUT2D eigenvalue weighted by Gasteiger charge is -2.27. The number of carbonyl (C=O) groups is 1. The van der Waals surface area contributed by atoms with Gasteiger partial charge < -0.3 is 5.32 Å². The number of nitrogens with zero attached hydrogens (tertiary/aromatic N) is 2. The van der Waals surface area contributed by atoms with E-state index in [0.29, 0.717) is 0 Å². The Morgan fingerprint density at radius 2 is 1.94 bits per heavy atom. The highest BCUT2D eigenvalue weighted by Crippen LogP contribution is 2.31. The predicted molar refractivity (Wildman–Crippen MR) is 68.0 cm³/mol. The van der Waals surface area contributed by atoms with Crippen LogP contribution in [-0.4, -0.2) is 22.9 Å². The van der Waals surface area contributed by atoms with E-state index >= 15 is 0 Å². The zero-order chi connectivity index (χ0) is 12.9. The average molecular weight is 235 g/mol. The maximum absolute atomic E-state index is 11.3. The van der Waals surface area contributed by atoms with Crippen molar-refractivity contribution in [2.75, 3.05) is 7.05 Å². The van der Waals surface area contributed by atoms with E-state index in [0.717, 1.165) is 24.8 Å². The average Bonchev–Trinajstić information content (AvgIpc) is 2.38. The van der Waals surface area contributed by atoms with Crippen molar-refractivity contribution in [2.24, 2.45) is 0 Å². The summed E-state index contributed by atoms with van der Waals surface area (Å²) < 4.78 is 0. The van der Waals surface area contributed by atoms with Crippen molar-refractivity contribution in [3.63, 3.8) is 0 Å². The first kappa shape index (κ1) is 13.6. The lowest BCUT2D eigenvalue weighted by atomic mass is 9.78. The Morgan fingerprint density at radius 3 is 2.35 bits per heavy atom. The van der Waals surface area contributed by atoms with Crippen LogP contribution in [0.2, 0.25) is 0 Å². The van der Waals surface area contributed by atoms with Crippen LogP contribution < -0.4 is 5.32 Å². The van der Waals surface area contributed by atoms with Crippen LogP contribution in [0.3, 0.4) is 0 Å². The van der Waals surface area contributed by atoms with E-state index in [1.54, 1.807) is 19.4 Å². The van der Waals surface area contributed by atoms with Gasteiger partial charge in [-0.15, -0.1) is 0 Å². The summed E-state index contributed by atoms with van der Waals surface area (Å²) >= 11 is 0. The van der Waals surface area contributed by atoms with E-state index in [2.05, 4.69) is 36.1 Å². The number of nitrogens with one attached hydrogen (secondary N) is 1. The smallest absolute Gasteiger partial charge is 0.288 e. The van der Waals surface area contributed by atoms with Crippen LogP contribution in [0, 0.1) is 0 Å². The molecule has 0 spiro atoms. The van der Waals surface area contributed by atoms with E-state index in [1.807, 2.05) is 0 Å². The van der Waals surface area contributed by atoms with E-state index in [4.69, 9.17) is 0 Å². The van der Waals surface area contributed by atoms with Gasteiger partial charge in [0.25, 0.3) is 5.91 Å². The highest BCUT2D eigenvalue weighted by atomic mass is 16.2. The minimum absolute atomic E-state index is 0.107. The lowest BCUT2D eigenvalue weighted by Crippen LogP contribution is -2.24. The highest BCUT2D eigenvalue weighted by Gasteiger charge is 2.24. The molecule has 94 valence electrons. The molecular weight excluding hydrogens is 214 g/mol. The number of carbonyl (C=O) groups excluding carboxylic acids is 1. The molecular formula is C13H21N3O. The SMILES string of the molecule is CCCC(C)(CC)c1cnc(C(=O)NC)nc1. The van der Waals surface area contributed by atoms with Gasteiger partial charge in [-0.2, -0.15) is 0 Å². The summed E-state index contributed by atoms with van der Waals surface area (Å²) in [6.45, 7) is 6.56. The second-order valence-electron chi connectivity index (χ2n) is 4.54. The molecule has 0 aliphatic heterocycles. The third-order valence-corrected chi connectivity index (χ3v) is 3.36. The second kappa shape index (κ2) is 5.75. The molecule has 0 bridgehead atoms. The molecule has 1 aromatic heterocycles. The summed E-state index contributed by atoms with van der Waals surface area (Å²) in [5, 5.41) is 2.51. The van der Waals surface area contributed by atoms with Crippen LogP contribution in [-0.2, 0) is 5.41 Å². The van der Waals surface area contributed by atoms with E-state index < -0.39 is 0 Å². The number of rotatable bonds is 5. The molecule has 0 aromatic carbocycles. The first-order valence-electron chi connectivity index (χ1n) is 6.12. The number of amides is 1. The van der Waals surface area contributed by atoms with Gasteiger partial charge in [0.15, 0.2) is 0 Å².